The molecule has 2 heterocycles. The maximum atomic E-state index is 13.0. The van der Waals surface area contributed by atoms with Crippen LogP contribution in [-0.4, -0.2) is 43.7 Å². The Labute approximate surface area is 170 Å². The van der Waals surface area contributed by atoms with Gasteiger partial charge in [0.1, 0.15) is 5.76 Å². The number of amides is 2. The van der Waals surface area contributed by atoms with E-state index in [-0.39, 0.29) is 24.0 Å². The molecule has 0 aliphatic carbocycles. The first kappa shape index (κ1) is 21.1. The van der Waals surface area contributed by atoms with Crippen LogP contribution in [0.25, 0.3) is 0 Å². The molecule has 0 bridgehead atoms. The van der Waals surface area contributed by atoms with Crippen LogP contribution in [0.1, 0.15) is 31.4 Å². The van der Waals surface area contributed by atoms with Gasteiger partial charge >= 0.3 is 11.8 Å². The van der Waals surface area contributed by atoms with E-state index < -0.39 is 21.8 Å². The van der Waals surface area contributed by atoms with Crippen molar-refractivity contribution in [2.45, 2.75) is 43.2 Å². The topological polar surface area (TPSA) is 109 Å². The molecule has 1 saturated heterocycles. The average Bonchev–Trinajstić information content (AvgIpc) is 3.26. The van der Waals surface area contributed by atoms with E-state index in [0.717, 1.165) is 19.3 Å². The molecule has 0 spiro atoms. The molecule has 1 atom stereocenters. The summed E-state index contributed by atoms with van der Waals surface area (Å²) in [5.41, 5.74) is 0. The van der Waals surface area contributed by atoms with Crippen molar-refractivity contribution in [1.29, 1.82) is 0 Å². The van der Waals surface area contributed by atoms with E-state index in [0.29, 0.717) is 18.7 Å². The number of piperidine rings is 1. The second-order valence-electron chi connectivity index (χ2n) is 6.89. The molecule has 2 aromatic rings. The summed E-state index contributed by atoms with van der Waals surface area (Å²) < 4.78 is 32.6. The number of nitrogens with one attached hydrogen (secondary N) is 2. The summed E-state index contributed by atoms with van der Waals surface area (Å²) in [7, 11) is -3.58. The van der Waals surface area contributed by atoms with Crippen molar-refractivity contribution in [2.75, 3.05) is 13.1 Å². The molecule has 2 N–H and O–H groups in total. The van der Waals surface area contributed by atoms with E-state index in [1.165, 1.54) is 10.6 Å². The zero-order valence-electron chi connectivity index (χ0n) is 16.0. The molecule has 9 heteroatoms. The normalized spacial score (nSPS) is 17.6. The second-order valence-corrected chi connectivity index (χ2v) is 8.78. The highest BCUT2D eigenvalue weighted by Gasteiger charge is 2.33. The number of benzene rings is 1. The molecule has 8 nitrogen and oxygen atoms in total. The van der Waals surface area contributed by atoms with Gasteiger partial charge in [0.2, 0.25) is 10.0 Å². The fraction of sp³-hybridized carbons (Fsp3) is 0.400. The molecule has 1 aromatic carbocycles. The van der Waals surface area contributed by atoms with E-state index >= 15 is 0 Å². The third-order valence-corrected chi connectivity index (χ3v) is 6.86. The quantitative estimate of drug-likeness (QED) is 0.664. The third kappa shape index (κ3) is 5.45. The molecule has 1 aliphatic rings. The van der Waals surface area contributed by atoms with Gasteiger partial charge in [-0.1, -0.05) is 24.6 Å². The predicted molar refractivity (Wildman–Crippen MR) is 106 cm³/mol. The first-order chi connectivity index (χ1) is 14.0. The molecule has 1 aromatic heterocycles. The summed E-state index contributed by atoms with van der Waals surface area (Å²) >= 11 is 0. The minimum Gasteiger partial charge on any atom is -0.467 e. The van der Waals surface area contributed by atoms with Crippen molar-refractivity contribution in [3.05, 3.63) is 54.5 Å². The van der Waals surface area contributed by atoms with Crippen molar-refractivity contribution in [2.24, 2.45) is 0 Å². The zero-order chi connectivity index (χ0) is 20.7. The van der Waals surface area contributed by atoms with Crippen LogP contribution in [0.4, 0.5) is 0 Å². The van der Waals surface area contributed by atoms with Crippen molar-refractivity contribution in [3.63, 3.8) is 0 Å². The number of rotatable bonds is 7. The van der Waals surface area contributed by atoms with Gasteiger partial charge < -0.3 is 15.1 Å². The van der Waals surface area contributed by atoms with Gasteiger partial charge in [0.25, 0.3) is 0 Å². The SMILES string of the molecule is O=C(NCC[C@H]1CCCCN1S(=O)(=O)c1ccccc1)C(=O)NCc1ccco1. The number of carbonyl (C=O) groups is 2. The smallest absolute Gasteiger partial charge is 0.309 e. The maximum absolute atomic E-state index is 13.0. The molecule has 1 aliphatic heterocycles. The molecular weight excluding hydrogens is 394 g/mol. The van der Waals surface area contributed by atoms with Crippen LogP contribution in [0.15, 0.2) is 58.0 Å². The standard InChI is InChI=1S/C20H25N3O5S/c24-19(20(25)22-15-17-8-6-14-28-17)21-12-11-16-7-4-5-13-23(16)29(26,27)18-9-2-1-3-10-18/h1-3,6,8-10,14,16H,4-5,7,11-13,15H2,(H,21,24)(H,22,25)/t16-/m1/s1. The predicted octanol–water partition coefficient (Wildman–Crippen LogP) is 1.65. The summed E-state index contributed by atoms with van der Waals surface area (Å²) in [6.07, 6.45) is 4.41. The summed E-state index contributed by atoms with van der Waals surface area (Å²) in [5.74, 6) is -0.946. The number of hydrogen-bond acceptors (Lipinski definition) is 5. The molecule has 156 valence electrons. The Kier molecular flexibility index (Phi) is 7.05. The Hall–Kier alpha value is -2.65. The minimum absolute atomic E-state index is 0.130. The molecule has 0 saturated carbocycles. The number of furan rings is 1. The van der Waals surface area contributed by atoms with Gasteiger partial charge in [-0.3, -0.25) is 9.59 Å². The lowest BCUT2D eigenvalue weighted by atomic mass is 10.0. The molecule has 1 fully saturated rings. The van der Waals surface area contributed by atoms with Crippen LogP contribution < -0.4 is 10.6 Å². The van der Waals surface area contributed by atoms with E-state index in [4.69, 9.17) is 4.42 Å². The van der Waals surface area contributed by atoms with Gasteiger partial charge in [0.15, 0.2) is 0 Å². The van der Waals surface area contributed by atoms with Gasteiger partial charge in [-0.05, 0) is 43.5 Å². The summed E-state index contributed by atoms with van der Waals surface area (Å²) in [6.45, 7) is 0.808. The van der Waals surface area contributed by atoms with Gasteiger partial charge in [0, 0.05) is 19.1 Å². The lowest BCUT2D eigenvalue weighted by Gasteiger charge is -2.34. The third-order valence-electron chi connectivity index (χ3n) is 4.90. The molecule has 29 heavy (non-hydrogen) atoms. The highest BCUT2D eigenvalue weighted by molar-refractivity contribution is 7.89. The summed E-state index contributed by atoms with van der Waals surface area (Å²) in [6, 6.07) is 11.5. The van der Waals surface area contributed by atoms with Crippen LogP contribution in [0.3, 0.4) is 0 Å². The lowest BCUT2D eigenvalue weighted by molar-refractivity contribution is -0.139. The zero-order valence-corrected chi connectivity index (χ0v) is 16.9. The highest BCUT2D eigenvalue weighted by atomic mass is 32.2. The van der Waals surface area contributed by atoms with E-state index in [1.54, 1.807) is 42.5 Å². The van der Waals surface area contributed by atoms with Crippen LogP contribution in [-0.2, 0) is 26.2 Å². The first-order valence-electron chi connectivity index (χ1n) is 9.64. The van der Waals surface area contributed by atoms with Crippen molar-refractivity contribution in [3.8, 4) is 0 Å². The van der Waals surface area contributed by atoms with Crippen molar-refractivity contribution < 1.29 is 22.4 Å². The monoisotopic (exact) mass is 419 g/mol. The lowest BCUT2D eigenvalue weighted by Crippen LogP contribution is -2.46. The fourth-order valence-electron chi connectivity index (χ4n) is 3.40. The molecule has 0 unspecified atom stereocenters. The number of sulfonamides is 1. The summed E-state index contributed by atoms with van der Waals surface area (Å²) in [4.78, 5) is 24.1. The van der Waals surface area contributed by atoms with Gasteiger partial charge in [0.05, 0.1) is 17.7 Å². The minimum atomic E-state index is -3.58. The number of nitrogens with zero attached hydrogens (tertiary/aromatic N) is 1. The molecular formula is C20H25N3O5S. The van der Waals surface area contributed by atoms with Crippen molar-refractivity contribution >= 4 is 21.8 Å². The maximum Gasteiger partial charge on any atom is 0.309 e. The Morgan fingerprint density at radius 2 is 1.79 bits per heavy atom. The van der Waals surface area contributed by atoms with E-state index in [1.807, 2.05) is 0 Å². The molecule has 0 radical (unpaired) electrons. The van der Waals surface area contributed by atoms with Gasteiger partial charge in [-0.25, -0.2) is 8.42 Å². The fourth-order valence-corrected chi connectivity index (χ4v) is 5.14. The Morgan fingerprint density at radius 3 is 2.52 bits per heavy atom. The van der Waals surface area contributed by atoms with Gasteiger partial charge in [-0.2, -0.15) is 4.31 Å². The molecule has 3 rings (SSSR count). The molecule has 2 amide bonds. The van der Waals surface area contributed by atoms with E-state index in [2.05, 4.69) is 10.6 Å². The van der Waals surface area contributed by atoms with Crippen molar-refractivity contribution in [1.82, 2.24) is 14.9 Å². The number of carbonyl (C=O) groups excluding carboxylic acids is 2. The average molecular weight is 420 g/mol. The Morgan fingerprint density at radius 1 is 1.03 bits per heavy atom. The Balaban J connectivity index is 1.51. The van der Waals surface area contributed by atoms with Gasteiger partial charge in [-0.15, -0.1) is 0 Å². The van der Waals surface area contributed by atoms with E-state index in [9.17, 15) is 18.0 Å². The summed E-state index contributed by atoms with van der Waals surface area (Å²) in [5, 5.41) is 5.05. The number of hydrogen-bond donors (Lipinski definition) is 2. The van der Waals surface area contributed by atoms with Crippen LogP contribution in [0.2, 0.25) is 0 Å². The van der Waals surface area contributed by atoms with Crippen LogP contribution in [0.5, 0.6) is 0 Å². The largest absolute Gasteiger partial charge is 0.467 e. The highest BCUT2D eigenvalue weighted by Crippen LogP contribution is 2.26. The Bertz CT molecular complexity index is 913. The first-order valence-corrected chi connectivity index (χ1v) is 11.1. The van der Waals surface area contributed by atoms with Crippen LogP contribution in [0, 0.1) is 0 Å². The van der Waals surface area contributed by atoms with Crippen LogP contribution >= 0.6 is 0 Å². The second kappa shape index (κ2) is 9.71.